The van der Waals surface area contributed by atoms with Crippen molar-refractivity contribution in [3.8, 4) is 0 Å². The average molecular weight is 290 g/mol. The Hall–Kier alpha value is -0.630. The molecule has 80 valence electrons. The van der Waals surface area contributed by atoms with E-state index in [0.29, 0.717) is 0 Å². The smallest absolute Gasteiger partial charge is 0.204 e. The van der Waals surface area contributed by atoms with Gasteiger partial charge in [-0.2, -0.15) is 14.5 Å². The van der Waals surface area contributed by atoms with Gasteiger partial charge in [-0.3, -0.25) is 0 Å². The molecule has 0 aromatic carbocycles. The molecule has 15 heavy (non-hydrogen) atoms. The Bertz CT molecular complexity index is 637. The van der Waals surface area contributed by atoms with Crippen LogP contribution in [0, 0.1) is 0 Å². The molecule has 0 bridgehead atoms. The summed E-state index contributed by atoms with van der Waals surface area (Å²) in [5.41, 5.74) is 0. The molecule has 10 heteroatoms. The Morgan fingerprint density at radius 1 is 1.40 bits per heavy atom. The van der Waals surface area contributed by atoms with Crippen LogP contribution in [-0.4, -0.2) is 28.0 Å². The van der Waals surface area contributed by atoms with Gasteiger partial charge in [0.25, 0.3) is 20.0 Å². The molecular formula is C5HCl3N4O2S. The van der Waals surface area contributed by atoms with E-state index in [1.54, 1.807) is 0 Å². The molecule has 0 radical (unpaired) electrons. The highest BCUT2D eigenvalue weighted by molar-refractivity contribution is 8.13. The van der Waals surface area contributed by atoms with Crippen LogP contribution in [0.1, 0.15) is 0 Å². The summed E-state index contributed by atoms with van der Waals surface area (Å²) in [6.45, 7) is 0. The van der Waals surface area contributed by atoms with Crippen molar-refractivity contribution in [2.24, 2.45) is 0 Å². The Kier molecular flexibility index (Phi) is 2.50. The minimum Gasteiger partial charge on any atom is -0.204 e. The zero-order valence-corrected chi connectivity index (χ0v) is 9.81. The fourth-order valence-electron chi connectivity index (χ4n) is 0.892. The van der Waals surface area contributed by atoms with Crippen molar-refractivity contribution in [3.63, 3.8) is 0 Å². The summed E-state index contributed by atoms with van der Waals surface area (Å²) in [5.74, 6) is -0.0354. The molecular weight excluding hydrogens is 288 g/mol. The summed E-state index contributed by atoms with van der Waals surface area (Å²) >= 11 is 11.3. The zero-order valence-electron chi connectivity index (χ0n) is 6.72. The minimum absolute atomic E-state index is 0.0354. The van der Waals surface area contributed by atoms with Crippen LogP contribution in [0.4, 0.5) is 0 Å². The van der Waals surface area contributed by atoms with Gasteiger partial charge >= 0.3 is 0 Å². The summed E-state index contributed by atoms with van der Waals surface area (Å²) in [6, 6.07) is 1.30. The third kappa shape index (κ3) is 2.00. The maximum atomic E-state index is 10.9. The maximum absolute atomic E-state index is 10.9. The first-order valence-corrected chi connectivity index (χ1v) is 6.48. The van der Waals surface area contributed by atoms with Crippen LogP contribution in [0.2, 0.25) is 10.3 Å². The largest absolute Gasteiger partial charge is 0.298 e. The predicted molar refractivity (Wildman–Crippen MR) is 53.8 cm³/mol. The van der Waals surface area contributed by atoms with Gasteiger partial charge in [0.1, 0.15) is 10.3 Å². The molecule has 0 aliphatic carbocycles. The second kappa shape index (κ2) is 3.44. The average Bonchev–Trinajstić information content (AvgIpc) is 2.46. The van der Waals surface area contributed by atoms with Gasteiger partial charge in [-0.05, 0) is 0 Å². The standard InChI is InChI=1S/C5HCl3N4O2S/c6-2-1-3(7)12-4(9-2)10-5(11-12)15(8,13)14/h1H/i5+2. The second-order valence-electron chi connectivity index (χ2n) is 2.45. The maximum Gasteiger partial charge on any atom is 0.298 e. The summed E-state index contributed by atoms with van der Waals surface area (Å²) < 4.78 is 22.9. The molecule has 0 atom stereocenters. The molecule has 2 aromatic heterocycles. The van der Waals surface area contributed by atoms with Gasteiger partial charge in [0, 0.05) is 16.7 Å². The van der Waals surface area contributed by atoms with Crippen molar-refractivity contribution < 1.29 is 8.42 Å². The van der Waals surface area contributed by atoms with E-state index in [-0.39, 0.29) is 16.1 Å². The lowest BCUT2D eigenvalue weighted by atomic mass is 10.7. The van der Waals surface area contributed by atoms with E-state index < -0.39 is 14.2 Å². The normalized spacial score (nSPS) is 12.2. The molecule has 6 nitrogen and oxygen atoms in total. The molecule has 0 aliphatic rings. The highest BCUT2D eigenvalue weighted by Gasteiger charge is 2.19. The molecule has 0 amide bonds. The molecule has 2 aromatic rings. The molecule has 2 heterocycles. The topological polar surface area (TPSA) is 77.2 Å². The molecule has 0 N–H and O–H groups in total. The Labute approximate surface area is 98.2 Å². The fourth-order valence-corrected chi connectivity index (χ4v) is 1.91. The third-order valence-electron chi connectivity index (χ3n) is 1.44. The molecule has 0 saturated heterocycles. The number of aromatic nitrogens is 4. The first-order chi connectivity index (χ1) is 6.88. The highest BCUT2D eigenvalue weighted by Crippen LogP contribution is 2.17. The van der Waals surface area contributed by atoms with Crippen molar-refractivity contribution in [2.45, 2.75) is 5.16 Å². The first kappa shape index (κ1) is 10.9. The molecule has 0 fully saturated rings. The Morgan fingerprint density at radius 2 is 2.07 bits per heavy atom. The van der Waals surface area contributed by atoms with E-state index in [9.17, 15) is 8.42 Å². The van der Waals surface area contributed by atoms with E-state index in [2.05, 4.69) is 15.1 Å². The van der Waals surface area contributed by atoms with E-state index in [1.165, 1.54) is 6.07 Å². The highest BCUT2D eigenvalue weighted by atomic mass is 35.7. The van der Waals surface area contributed by atoms with Gasteiger partial charge in [0.15, 0.2) is 0 Å². The van der Waals surface area contributed by atoms with Crippen molar-refractivity contribution in [3.05, 3.63) is 16.4 Å². The summed E-state index contributed by atoms with van der Waals surface area (Å²) in [7, 11) is 1.05. The molecule has 0 unspecified atom stereocenters. The van der Waals surface area contributed by atoms with Gasteiger partial charge in [-0.1, -0.05) is 23.2 Å². The number of hydrogen-bond donors (Lipinski definition) is 0. The van der Waals surface area contributed by atoms with Gasteiger partial charge in [0.2, 0.25) is 0 Å². The lowest BCUT2D eigenvalue weighted by Gasteiger charge is -1.93. The number of rotatable bonds is 1. The van der Waals surface area contributed by atoms with Crippen molar-refractivity contribution in [1.82, 2.24) is 19.6 Å². The second-order valence-corrected chi connectivity index (χ2v) is 5.68. The summed E-state index contributed by atoms with van der Waals surface area (Å²) in [4.78, 5) is 7.28. The van der Waals surface area contributed by atoms with Crippen LogP contribution in [0.3, 0.4) is 0 Å². The lowest BCUT2D eigenvalue weighted by Crippen LogP contribution is -1.95. The van der Waals surface area contributed by atoms with Crippen molar-refractivity contribution >= 4 is 48.7 Å². The van der Waals surface area contributed by atoms with E-state index in [1.807, 2.05) is 0 Å². The Morgan fingerprint density at radius 3 is 2.67 bits per heavy atom. The summed E-state index contributed by atoms with van der Waals surface area (Å²) in [5, 5.41) is 3.16. The molecule has 0 aliphatic heterocycles. The van der Waals surface area contributed by atoms with Crippen molar-refractivity contribution in [1.29, 1.82) is 0 Å². The number of hydrogen-bond acceptors (Lipinski definition) is 5. The number of nitrogens with zero attached hydrogens (tertiary/aromatic N) is 4. The molecule has 0 spiro atoms. The number of fused-ring (bicyclic) bond motifs is 1. The minimum atomic E-state index is -4.01. The van der Waals surface area contributed by atoms with E-state index in [0.717, 1.165) is 4.52 Å². The summed E-state index contributed by atoms with van der Waals surface area (Å²) in [6.07, 6.45) is 0. The molecule has 0 saturated carbocycles. The van der Waals surface area contributed by atoms with Crippen LogP contribution < -0.4 is 0 Å². The van der Waals surface area contributed by atoms with Gasteiger partial charge in [-0.25, -0.2) is 8.42 Å². The van der Waals surface area contributed by atoms with Crippen LogP contribution in [0.5, 0.6) is 0 Å². The van der Waals surface area contributed by atoms with Crippen LogP contribution in [-0.2, 0) is 9.05 Å². The van der Waals surface area contributed by atoms with E-state index in [4.69, 9.17) is 33.9 Å². The first-order valence-electron chi connectivity index (χ1n) is 3.41. The van der Waals surface area contributed by atoms with Gasteiger partial charge in [-0.15, -0.1) is 5.10 Å². The predicted octanol–water partition coefficient (Wildman–Crippen LogP) is 1.36. The lowest BCUT2D eigenvalue weighted by molar-refractivity contribution is 0.601. The number of halogens is 3. The third-order valence-corrected chi connectivity index (χ3v) is 2.92. The zero-order chi connectivity index (χ0) is 11.2. The van der Waals surface area contributed by atoms with Crippen LogP contribution >= 0.6 is 33.9 Å². The van der Waals surface area contributed by atoms with Crippen LogP contribution in [0.15, 0.2) is 11.2 Å². The quantitative estimate of drug-likeness (QED) is 0.585. The van der Waals surface area contributed by atoms with Crippen LogP contribution in [0.25, 0.3) is 5.78 Å². The van der Waals surface area contributed by atoms with Gasteiger partial charge in [0.05, 0.1) is 0 Å². The SMILES string of the molecule is O=S(=O)(Cl)[14c]1nc2nc(Cl)cc(Cl)n2n1. The van der Waals surface area contributed by atoms with E-state index >= 15 is 0 Å². The monoisotopic (exact) mass is 288 g/mol. The molecule has 2 rings (SSSR count). The fraction of sp³-hybridized carbons (Fsp3) is 0. The van der Waals surface area contributed by atoms with Gasteiger partial charge < -0.3 is 0 Å². The van der Waals surface area contributed by atoms with Crippen molar-refractivity contribution in [2.75, 3.05) is 0 Å². The Balaban J connectivity index is 2.82.